The summed E-state index contributed by atoms with van der Waals surface area (Å²) in [6, 6.07) is 24.4. The minimum Gasteiger partial charge on any atom is -0.508 e. The first-order valence-corrected chi connectivity index (χ1v) is 16.2. The summed E-state index contributed by atoms with van der Waals surface area (Å²) in [5.41, 5.74) is 4.15. The van der Waals surface area contributed by atoms with Crippen molar-refractivity contribution >= 4 is 11.8 Å². The molecule has 2 aliphatic carbocycles. The van der Waals surface area contributed by atoms with Crippen LogP contribution in [0.1, 0.15) is 92.1 Å². The molecule has 0 bridgehead atoms. The Hall–Kier alpha value is -3.68. The first-order chi connectivity index (χ1) is 21.4. The maximum atomic E-state index is 13.3. The average Bonchev–Trinajstić information content (AvgIpc) is 3.67. The minimum absolute atomic E-state index is 0.0324. The van der Waals surface area contributed by atoms with Crippen LogP contribution in [0.2, 0.25) is 0 Å². The van der Waals surface area contributed by atoms with Crippen molar-refractivity contribution in [1.29, 1.82) is 0 Å². The summed E-state index contributed by atoms with van der Waals surface area (Å²) in [7, 11) is 0. The third-order valence-electron chi connectivity index (χ3n) is 9.49. The topological polar surface area (TPSA) is 119 Å². The van der Waals surface area contributed by atoms with E-state index in [1.54, 1.807) is 12.1 Å². The van der Waals surface area contributed by atoms with E-state index in [2.05, 4.69) is 10.6 Å². The molecular weight excluding hydrogens is 552 g/mol. The Morgan fingerprint density at radius 2 is 1.55 bits per heavy atom. The summed E-state index contributed by atoms with van der Waals surface area (Å²) >= 11 is 0. The van der Waals surface area contributed by atoms with E-state index in [1.807, 2.05) is 66.7 Å². The number of carbonyl (C=O) groups is 2. The number of benzene rings is 3. The largest absolute Gasteiger partial charge is 0.508 e. The number of aromatic hydroxyl groups is 1. The number of amides is 2. The molecular formula is C37H46N2O5. The van der Waals surface area contributed by atoms with Gasteiger partial charge in [0.2, 0.25) is 11.8 Å². The summed E-state index contributed by atoms with van der Waals surface area (Å²) in [6.07, 6.45) is 6.41. The van der Waals surface area contributed by atoms with Crippen LogP contribution in [0.3, 0.4) is 0 Å². The van der Waals surface area contributed by atoms with Crippen LogP contribution < -0.4 is 10.6 Å². The zero-order chi connectivity index (χ0) is 30.9. The number of rotatable bonds is 14. The molecule has 0 aromatic heterocycles. The lowest BCUT2D eigenvalue weighted by Gasteiger charge is -2.27. The Morgan fingerprint density at radius 1 is 0.841 bits per heavy atom. The lowest BCUT2D eigenvalue weighted by molar-refractivity contribution is -0.123. The molecule has 0 saturated heterocycles. The van der Waals surface area contributed by atoms with Gasteiger partial charge >= 0.3 is 0 Å². The van der Waals surface area contributed by atoms with Crippen LogP contribution in [0.15, 0.2) is 78.9 Å². The van der Waals surface area contributed by atoms with E-state index in [1.165, 1.54) is 0 Å². The van der Waals surface area contributed by atoms with Gasteiger partial charge in [-0.15, -0.1) is 0 Å². The Balaban J connectivity index is 1.15. The number of fused-ring (bicyclic) bond motifs is 1. The summed E-state index contributed by atoms with van der Waals surface area (Å²) < 4.78 is 0. The van der Waals surface area contributed by atoms with Crippen LogP contribution >= 0.6 is 0 Å². The molecule has 0 radical (unpaired) electrons. The molecule has 1 fully saturated rings. The van der Waals surface area contributed by atoms with E-state index in [0.29, 0.717) is 44.4 Å². The zero-order valence-electron chi connectivity index (χ0n) is 25.4. The molecule has 44 heavy (non-hydrogen) atoms. The van der Waals surface area contributed by atoms with Gasteiger partial charge in [0.05, 0.1) is 24.3 Å². The van der Waals surface area contributed by atoms with Crippen LogP contribution in [0.25, 0.3) is 0 Å². The van der Waals surface area contributed by atoms with E-state index in [9.17, 15) is 24.9 Å². The molecule has 1 saturated carbocycles. The monoisotopic (exact) mass is 598 g/mol. The number of nitrogens with one attached hydrogen (secondary N) is 2. The molecule has 3 aromatic rings. The molecule has 0 aliphatic heterocycles. The standard InChI is InChI=1S/C37H46N2O5/c40-30-20-17-27(18-21-30)36(26-11-4-5-12-26)38-35(44)22-19-29(23-25-9-2-1-3-10-25)32(41)15-8-16-34(43)39-37-31-14-7-6-13-28(31)24-33(37)42/h1-3,6-7,9-10,13-14,17-18,20-21,26,29,32-33,36-37,40-42H,4-5,8,11-12,15-16,19,22-24H2,(H,38,44)(H,39,43)/t29-,32+,33-,36?,37+/m1/s1. The van der Waals surface area contributed by atoms with Gasteiger partial charge in [0.1, 0.15) is 5.75 Å². The van der Waals surface area contributed by atoms with Gasteiger partial charge in [0.25, 0.3) is 0 Å². The first kappa shape index (κ1) is 31.7. The number of aliphatic hydroxyl groups is 2. The third-order valence-corrected chi connectivity index (χ3v) is 9.49. The number of hydrogen-bond donors (Lipinski definition) is 5. The van der Waals surface area contributed by atoms with Gasteiger partial charge in [-0.25, -0.2) is 0 Å². The number of phenols is 1. The number of carbonyl (C=O) groups excluding carboxylic acids is 2. The predicted molar refractivity (Wildman–Crippen MR) is 171 cm³/mol. The van der Waals surface area contributed by atoms with E-state index in [4.69, 9.17) is 0 Å². The van der Waals surface area contributed by atoms with Gasteiger partial charge in [0.15, 0.2) is 0 Å². The van der Waals surface area contributed by atoms with E-state index >= 15 is 0 Å². The van der Waals surface area contributed by atoms with Gasteiger partial charge in [0, 0.05) is 19.3 Å². The van der Waals surface area contributed by atoms with Gasteiger partial charge < -0.3 is 26.0 Å². The van der Waals surface area contributed by atoms with Gasteiger partial charge in [-0.2, -0.15) is 0 Å². The summed E-state index contributed by atoms with van der Waals surface area (Å²) in [6.45, 7) is 0. The summed E-state index contributed by atoms with van der Waals surface area (Å²) in [4.78, 5) is 26.1. The lowest BCUT2D eigenvalue weighted by atomic mass is 9.87. The third kappa shape index (κ3) is 8.48. The van der Waals surface area contributed by atoms with Gasteiger partial charge in [-0.05, 0) is 84.7 Å². The normalized spacial score (nSPS) is 20.0. The van der Waals surface area contributed by atoms with Crippen molar-refractivity contribution in [3.05, 3.63) is 101 Å². The molecule has 2 aliphatic rings. The SMILES string of the molecule is O=C(CC[C@H](Cc1ccccc1)[C@@H](O)CCCC(=O)N[C@H]1c2ccccc2C[C@H]1O)NC(c1ccc(O)cc1)C1CCCC1. The second-order valence-electron chi connectivity index (χ2n) is 12.6. The van der Waals surface area contributed by atoms with Crippen molar-refractivity contribution in [2.75, 3.05) is 0 Å². The Bertz CT molecular complexity index is 1360. The van der Waals surface area contributed by atoms with Crippen molar-refractivity contribution in [3.8, 4) is 5.75 Å². The number of phenolic OH excluding ortho intramolecular Hbond substituents is 1. The summed E-state index contributed by atoms with van der Waals surface area (Å²) in [5.74, 6) is 0.286. The van der Waals surface area contributed by atoms with Crippen molar-refractivity contribution in [3.63, 3.8) is 0 Å². The van der Waals surface area contributed by atoms with Crippen molar-refractivity contribution < 1.29 is 24.9 Å². The summed E-state index contributed by atoms with van der Waals surface area (Å²) in [5, 5.41) is 37.8. The van der Waals surface area contributed by atoms with Crippen LogP contribution in [0.5, 0.6) is 5.75 Å². The lowest BCUT2D eigenvalue weighted by Crippen LogP contribution is -2.34. The second-order valence-corrected chi connectivity index (χ2v) is 12.6. The Morgan fingerprint density at radius 3 is 2.30 bits per heavy atom. The van der Waals surface area contributed by atoms with Crippen LogP contribution in [0, 0.1) is 11.8 Å². The number of aliphatic hydroxyl groups excluding tert-OH is 2. The quantitative estimate of drug-likeness (QED) is 0.164. The fourth-order valence-corrected chi connectivity index (χ4v) is 7.06. The maximum Gasteiger partial charge on any atom is 0.220 e. The first-order valence-electron chi connectivity index (χ1n) is 16.2. The van der Waals surface area contributed by atoms with E-state index < -0.39 is 18.2 Å². The fourth-order valence-electron chi connectivity index (χ4n) is 7.06. The molecule has 5 N–H and O–H groups in total. The molecule has 5 atom stereocenters. The molecule has 7 heteroatoms. The highest BCUT2D eigenvalue weighted by atomic mass is 16.3. The van der Waals surface area contributed by atoms with Crippen LogP contribution in [0.4, 0.5) is 0 Å². The van der Waals surface area contributed by atoms with E-state index in [0.717, 1.165) is 47.9 Å². The molecule has 0 spiro atoms. The van der Waals surface area contributed by atoms with E-state index in [-0.39, 0.29) is 35.9 Å². The maximum absolute atomic E-state index is 13.3. The van der Waals surface area contributed by atoms with Crippen molar-refractivity contribution in [1.82, 2.24) is 10.6 Å². The highest BCUT2D eigenvalue weighted by Gasteiger charge is 2.32. The molecule has 7 nitrogen and oxygen atoms in total. The molecule has 1 unspecified atom stereocenters. The molecule has 0 heterocycles. The highest BCUT2D eigenvalue weighted by molar-refractivity contribution is 5.77. The molecule has 2 amide bonds. The van der Waals surface area contributed by atoms with Gasteiger partial charge in [-0.3, -0.25) is 9.59 Å². The van der Waals surface area contributed by atoms with Crippen LogP contribution in [-0.4, -0.2) is 39.3 Å². The fraction of sp³-hybridized carbons (Fsp3) is 0.459. The smallest absolute Gasteiger partial charge is 0.220 e. The number of hydrogen-bond acceptors (Lipinski definition) is 5. The van der Waals surface area contributed by atoms with Gasteiger partial charge in [-0.1, -0.05) is 79.6 Å². The Kier molecular flexibility index (Phi) is 11.1. The second kappa shape index (κ2) is 15.4. The highest BCUT2D eigenvalue weighted by Crippen LogP contribution is 2.36. The minimum atomic E-state index is -0.656. The Labute approximate surface area is 260 Å². The predicted octanol–water partition coefficient (Wildman–Crippen LogP) is 5.68. The van der Waals surface area contributed by atoms with Crippen molar-refractivity contribution in [2.45, 2.75) is 94.9 Å². The molecule has 5 rings (SSSR count). The molecule has 234 valence electrons. The average molecular weight is 599 g/mol. The van der Waals surface area contributed by atoms with Crippen molar-refractivity contribution in [2.24, 2.45) is 11.8 Å². The molecule has 3 aromatic carbocycles. The van der Waals surface area contributed by atoms with Crippen LogP contribution in [-0.2, 0) is 22.4 Å². The zero-order valence-corrected chi connectivity index (χ0v) is 25.4.